The Morgan fingerprint density at radius 3 is 2.06 bits per heavy atom. The number of aromatic nitrogens is 3. The van der Waals surface area contributed by atoms with E-state index in [0.29, 0.717) is 17.4 Å². The first-order chi connectivity index (χ1) is 8.15. The largest absolute Gasteiger partial charge is 0.491 e. The Labute approximate surface area is 105 Å². The second-order valence-electron chi connectivity index (χ2n) is 5.68. The van der Waals surface area contributed by atoms with Crippen molar-refractivity contribution >= 4 is 0 Å². The molecule has 6 heteroatoms. The highest BCUT2D eigenvalue weighted by atomic mass is 19.4. The number of hydrogen-bond donors (Lipinski definition) is 0. The summed E-state index contributed by atoms with van der Waals surface area (Å²) in [4.78, 5) is 0. The molecule has 0 saturated heterocycles. The summed E-state index contributed by atoms with van der Waals surface area (Å²) in [5.74, 6) is 0.0182. The van der Waals surface area contributed by atoms with Crippen LogP contribution >= 0.6 is 0 Å². The average Bonchev–Trinajstić information content (AvgIpc) is 2.54. The topological polar surface area (TPSA) is 30.7 Å². The molecule has 1 rings (SSSR count). The summed E-state index contributed by atoms with van der Waals surface area (Å²) < 4.78 is 39.4. The minimum Gasteiger partial charge on any atom is -0.223 e. The fourth-order valence-corrected chi connectivity index (χ4v) is 1.73. The molecular formula is C12H20F3N3. The maximum atomic E-state index is 13.0. The SMILES string of the molecule is CCCCc1nnc(CC(C)(C)C)n1C(F)(F)F. The fourth-order valence-electron chi connectivity index (χ4n) is 1.73. The van der Waals surface area contributed by atoms with Gasteiger partial charge >= 0.3 is 6.30 Å². The van der Waals surface area contributed by atoms with E-state index in [0.717, 1.165) is 6.42 Å². The van der Waals surface area contributed by atoms with Crippen LogP contribution in [0.25, 0.3) is 0 Å². The summed E-state index contributed by atoms with van der Waals surface area (Å²) >= 11 is 0. The van der Waals surface area contributed by atoms with Gasteiger partial charge in [-0.25, -0.2) is 4.57 Å². The van der Waals surface area contributed by atoms with Gasteiger partial charge in [0.25, 0.3) is 0 Å². The zero-order valence-corrected chi connectivity index (χ0v) is 11.3. The fraction of sp³-hybridized carbons (Fsp3) is 0.833. The molecule has 0 unspecified atom stereocenters. The van der Waals surface area contributed by atoms with Crippen molar-refractivity contribution in [2.75, 3.05) is 0 Å². The number of hydrogen-bond acceptors (Lipinski definition) is 2. The predicted molar refractivity (Wildman–Crippen MR) is 63.1 cm³/mol. The number of unbranched alkanes of at least 4 members (excludes halogenated alkanes) is 1. The van der Waals surface area contributed by atoms with Crippen LogP contribution in [-0.2, 0) is 19.1 Å². The van der Waals surface area contributed by atoms with Crippen LogP contribution in [0.4, 0.5) is 13.2 Å². The molecule has 0 saturated carbocycles. The molecule has 104 valence electrons. The van der Waals surface area contributed by atoms with E-state index in [4.69, 9.17) is 0 Å². The number of alkyl halides is 3. The molecule has 0 amide bonds. The molecular weight excluding hydrogens is 243 g/mol. The van der Waals surface area contributed by atoms with Crippen molar-refractivity contribution in [3.63, 3.8) is 0 Å². The van der Waals surface area contributed by atoms with Gasteiger partial charge in [-0.05, 0) is 11.8 Å². The van der Waals surface area contributed by atoms with Gasteiger partial charge in [0.1, 0.15) is 11.6 Å². The summed E-state index contributed by atoms with van der Waals surface area (Å²) in [6, 6.07) is 0. The van der Waals surface area contributed by atoms with Crippen molar-refractivity contribution in [1.82, 2.24) is 14.8 Å². The van der Waals surface area contributed by atoms with Crippen molar-refractivity contribution in [1.29, 1.82) is 0 Å². The van der Waals surface area contributed by atoms with E-state index in [1.165, 1.54) is 0 Å². The van der Waals surface area contributed by atoms with Gasteiger partial charge < -0.3 is 0 Å². The lowest BCUT2D eigenvalue weighted by Gasteiger charge is -2.19. The van der Waals surface area contributed by atoms with Gasteiger partial charge in [0, 0.05) is 12.8 Å². The monoisotopic (exact) mass is 263 g/mol. The number of halogens is 3. The molecule has 3 nitrogen and oxygen atoms in total. The molecule has 1 aromatic heterocycles. The van der Waals surface area contributed by atoms with E-state index in [-0.39, 0.29) is 23.5 Å². The van der Waals surface area contributed by atoms with Crippen LogP contribution in [0.1, 0.15) is 52.2 Å². The molecule has 0 aliphatic carbocycles. The average molecular weight is 263 g/mol. The van der Waals surface area contributed by atoms with Crippen molar-refractivity contribution < 1.29 is 13.2 Å². The third-order valence-electron chi connectivity index (χ3n) is 2.49. The third kappa shape index (κ3) is 3.99. The zero-order chi connectivity index (χ0) is 14.0. The summed E-state index contributed by atoms with van der Waals surface area (Å²) in [6.45, 7) is 7.58. The minimum absolute atomic E-state index is 0.00102. The molecule has 0 aliphatic heterocycles. The Bertz CT molecular complexity index is 388. The highest BCUT2D eigenvalue weighted by Gasteiger charge is 2.37. The van der Waals surface area contributed by atoms with Crippen LogP contribution in [-0.4, -0.2) is 14.8 Å². The zero-order valence-electron chi connectivity index (χ0n) is 11.3. The molecule has 0 N–H and O–H groups in total. The molecule has 0 aliphatic rings. The summed E-state index contributed by atoms with van der Waals surface area (Å²) in [5.41, 5.74) is -0.252. The Balaban J connectivity index is 3.08. The Hall–Kier alpha value is -1.07. The van der Waals surface area contributed by atoms with Crippen LogP contribution in [0.5, 0.6) is 0 Å². The second-order valence-corrected chi connectivity index (χ2v) is 5.68. The minimum atomic E-state index is -4.44. The van der Waals surface area contributed by atoms with Crippen LogP contribution in [0.3, 0.4) is 0 Å². The van der Waals surface area contributed by atoms with Gasteiger partial charge in [0.05, 0.1) is 0 Å². The Kier molecular flexibility index (Phi) is 4.40. The molecule has 0 atom stereocenters. The summed E-state index contributed by atoms with van der Waals surface area (Å²) in [7, 11) is 0. The lowest BCUT2D eigenvalue weighted by molar-refractivity contribution is -0.207. The molecule has 0 bridgehead atoms. The van der Waals surface area contributed by atoms with Gasteiger partial charge in [0.15, 0.2) is 0 Å². The van der Waals surface area contributed by atoms with Crippen LogP contribution in [0.15, 0.2) is 0 Å². The van der Waals surface area contributed by atoms with Gasteiger partial charge in [-0.15, -0.1) is 23.4 Å². The highest BCUT2D eigenvalue weighted by Crippen LogP contribution is 2.29. The summed E-state index contributed by atoms with van der Waals surface area (Å²) in [6.07, 6.45) is -2.35. The molecule has 0 spiro atoms. The van der Waals surface area contributed by atoms with Crippen molar-refractivity contribution in [2.24, 2.45) is 5.41 Å². The Morgan fingerprint density at radius 1 is 1.06 bits per heavy atom. The molecule has 0 radical (unpaired) electrons. The van der Waals surface area contributed by atoms with Crippen molar-refractivity contribution in [3.05, 3.63) is 11.6 Å². The standard InChI is InChI=1S/C12H20F3N3/c1-5-6-7-9-16-17-10(8-11(2,3)4)18(9)12(13,14)15/h5-8H2,1-4H3. The molecule has 0 aromatic carbocycles. The highest BCUT2D eigenvalue weighted by molar-refractivity contribution is 5.00. The van der Waals surface area contributed by atoms with Crippen LogP contribution in [0.2, 0.25) is 0 Å². The number of aryl methyl sites for hydroxylation is 1. The first-order valence-electron chi connectivity index (χ1n) is 6.15. The number of rotatable bonds is 4. The lowest BCUT2D eigenvalue weighted by Crippen LogP contribution is -2.25. The third-order valence-corrected chi connectivity index (χ3v) is 2.49. The maximum Gasteiger partial charge on any atom is 0.491 e. The van der Waals surface area contributed by atoms with Gasteiger partial charge in [0.2, 0.25) is 0 Å². The van der Waals surface area contributed by atoms with Gasteiger partial charge in [-0.2, -0.15) is 0 Å². The van der Waals surface area contributed by atoms with Crippen molar-refractivity contribution in [2.45, 2.75) is 59.7 Å². The lowest BCUT2D eigenvalue weighted by atomic mass is 9.92. The first kappa shape index (κ1) is 15.0. The molecule has 1 aromatic rings. The van der Waals surface area contributed by atoms with Crippen LogP contribution < -0.4 is 0 Å². The van der Waals surface area contributed by atoms with Gasteiger partial charge in [-0.1, -0.05) is 34.1 Å². The molecule has 1 heterocycles. The van der Waals surface area contributed by atoms with E-state index >= 15 is 0 Å². The smallest absolute Gasteiger partial charge is 0.223 e. The van der Waals surface area contributed by atoms with Crippen LogP contribution in [0, 0.1) is 5.41 Å². The van der Waals surface area contributed by atoms with E-state index in [1.807, 2.05) is 27.7 Å². The summed E-state index contributed by atoms with van der Waals surface area (Å²) in [5, 5.41) is 7.41. The Morgan fingerprint density at radius 2 is 1.61 bits per heavy atom. The van der Waals surface area contributed by atoms with E-state index in [1.54, 1.807) is 0 Å². The first-order valence-corrected chi connectivity index (χ1v) is 6.15. The van der Waals surface area contributed by atoms with Gasteiger partial charge in [-0.3, -0.25) is 0 Å². The normalized spacial score (nSPS) is 13.1. The van der Waals surface area contributed by atoms with E-state index < -0.39 is 6.30 Å². The molecule has 0 fully saturated rings. The second kappa shape index (κ2) is 5.28. The van der Waals surface area contributed by atoms with E-state index in [2.05, 4.69) is 10.2 Å². The predicted octanol–water partition coefficient (Wildman–Crippen LogP) is 3.69. The van der Waals surface area contributed by atoms with E-state index in [9.17, 15) is 13.2 Å². The molecule has 18 heavy (non-hydrogen) atoms. The van der Waals surface area contributed by atoms with Crippen molar-refractivity contribution in [3.8, 4) is 0 Å². The maximum absolute atomic E-state index is 13.0. The quantitative estimate of drug-likeness (QED) is 0.829. The number of nitrogens with zero attached hydrogens (tertiary/aromatic N) is 3.